The lowest BCUT2D eigenvalue weighted by Crippen LogP contribution is -2.31. The molecule has 2 N–H and O–H groups in total. The number of aliphatic carboxylic acids is 1. The molecule has 0 spiro atoms. The maximum atomic E-state index is 13.3. The molecule has 0 aliphatic carbocycles. The van der Waals surface area contributed by atoms with E-state index < -0.39 is 35.3 Å². The van der Waals surface area contributed by atoms with E-state index in [0.29, 0.717) is 17.1 Å². The molecule has 0 unspecified atom stereocenters. The number of methoxy groups -OCH3 is 2. The molecule has 1 fully saturated rings. The smallest absolute Gasteiger partial charge is 0.303 e. The van der Waals surface area contributed by atoms with Crippen LogP contribution in [0.1, 0.15) is 30.0 Å². The van der Waals surface area contributed by atoms with E-state index in [1.54, 1.807) is 18.2 Å². The number of nitrogens with zero attached hydrogens (tertiary/aromatic N) is 1. The van der Waals surface area contributed by atoms with Gasteiger partial charge in [-0.3, -0.25) is 14.4 Å². The molecule has 1 aliphatic heterocycles. The van der Waals surface area contributed by atoms with Gasteiger partial charge in [0.25, 0.3) is 11.7 Å². The topological polar surface area (TPSA) is 113 Å². The molecule has 168 valence electrons. The first-order chi connectivity index (χ1) is 15.3. The Bertz CT molecular complexity index is 1080. The van der Waals surface area contributed by atoms with Gasteiger partial charge in [-0.15, -0.1) is 0 Å². The maximum absolute atomic E-state index is 13.3. The monoisotopic (exact) mass is 443 g/mol. The van der Waals surface area contributed by atoms with Crippen LogP contribution >= 0.6 is 0 Å². The van der Waals surface area contributed by atoms with Crippen LogP contribution in [0.2, 0.25) is 0 Å². The van der Waals surface area contributed by atoms with E-state index in [1.165, 1.54) is 31.3 Å². The molecule has 1 amide bonds. The fourth-order valence-electron chi connectivity index (χ4n) is 3.64. The third-order valence-corrected chi connectivity index (χ3v) is 5.17. The molecule has 0 aromatic heterocycles. The molecule has 1 saturated heterocycles. The Morgan fingerprint density at radius 2 is 1.69 bits per heavy atom. The molecule has 1 atom stereocenters. The molecular formula is C23H22FNO7. The van der Waals surface area contributed by atoms with Gasteiger partial charge in [0.1, 0.15) is 11.6 Å². The summed E-state index contributed by atoms with van der Waals surface area (Å²) in [4.78, 5) is 37.9. The Labute approximate surface area is 183 Å². The summed E-state index contributed by atoms with van der Waals surface area (Å²) in [5, 5.41) is 19.8. The second-order valence-corrected chi connectivity index (χ2v) is 7.11. The molecule has 9 heteroatoms. The Morgan fingerprint density at radius 3 is 2.28 bits per heavy atom. The molecule has 32 heavy (non-hydrogen) atoms. The van der Waals surface area contributed by atoms with Crippen LogP contribution in [0.3, 0.4) is 0 Å². The summed E-state index contributed by atoms with van der Waals surface area (Å²) in [5.74, 6) is -3.01. The first-order valence-corrected chi connectivity index (χ1v) is 9.76. The number of carbonyl (C=O) groups is 3. The fraction of sp³-hybridized carbons (Fsp3) is 0.261. The number of Topliss-reactive ketones (excluding diaryl/α,β-unsaturated/α-hetero) is 1. The van der Waals surface area contributed by atoms with Crippen LogP contribution in [0.5, 0.6) is 11.5 Å². The molecule has 1 aliphatic rings. The van der Waals surface area contributed by atoms with E-state index in [0.717, 1.165) is 12.1 Å². The molecule has 8 nitrogen and oxygen atoms in total. The van der Waals surface area contributed by atoms with E-state index >= 15 is 0 Å². The minimum absolute atomic E-state index is 0.0178. The van der Waals surface area contributed by atoms with E-state index in [-0.39, 0.29) is 30.5 Å². The third-order valence-electron chi connectivity index (χ3n) is 5.17. The normalized spacial score (nSPS) is 17.5. The number of aliphatic hydroxyl groups is 1. The van der Waals surface area contributed by atoms with Gasteiger partial charge in [-0.1, -0.05) is 6.07 Å². The van der Waals surface area contributed by atoms with Gasteiger partial charge in [-0.05, 0) is 48.4 Å². The van der Waals surface area contributed by atoms with Crippen molar-refractivity contribution in [1.29, 1.82) is 0 Å². The van der Waals surface area contributed by atoms with Gasteiger partial charge in [-0.2, -0.15) is 0 Å². The zero-order valence-electron chi connectivity index (χ0n) is 17.5. The van der Waals surface area contributed by atoms with Crippen molar-refractivity contribution in [2.24, 2.45) is 0 Å². The Kier molecular flexibility index (Phi) is 6.77. The van der Waals surface area contributed by atoms with Gasteiger partial charge in [0.05, 0.1) is 25.8 Å². The molecular weight excluding hydrogens is 421 g/mol. The number of amides is 1. The van der Waals surface area contributed by atoms with Crippen LogP contribution in [0.25, 0.3) is 5.76 Å². The lowest BCUT2D eigenvalue weighted by Gasteiger charge is -2.25. The van der Waals surface area contributed by atoms with Crippen molar-refractivity contribution in [2.75, 3.05) is 20.8 Å². The Hall–Kier alpha value is -3.88. The van der Waals surface area contributed by atoms with Crippen LogP contribution in [0.15, 0.2) is 48.0 Å². The molecule has 1 heterocycles. The molecule has 2 aromatic carbocycles. The third kappa shape index (κ3) is 4.41. The molecule has 0 saturated carbocycles. The number of hydrogen-bond acceptors (Lipinski definition) is 6. The van der Waals surface area contributed by atoms with Crippen molar-refractivity contribution in [3.05, 3.63) is 65.0 Å². The standard InChI is InChI=1S/C23H22FNO7/c1-31-16-10-7-14(12-17(16)32-2)20-19(21(28)13-5-8-15(24)9-6-13)22(29)23(30)25(20)11-3-4-18(26)27/h5-10,12,20,28H,3-4,11H2,1-2H3,(H,26,27)/t20-/m1/s1. The average molecular weight is 443 g/mol. The van der Waals surface area contributed by atoms with Crippen LogP contribution in [0.4, 0.5) is 4.39 Å². The highest BCUT2D eigenvalue weighted by Crippen LogP contribution is 2.42. The van der Waals surface area contributed by atoms with Crippen molar-refractivity contribution in [1.82, 2.24) is 4.90 Å². The summed E-state index contributed by atoms with van der Waals surface area (Å²) in [6.45, 7) is -0.0178. The predicted octanol–water partition coefficient (Wildman–Crippen LogP) is 3.13. The summed E-state index contributed by atoms with van der Waals surface area (Å²) in [7, 11) is 2.90. The average Bonchev–Trinajstić information content (AvgIpc) is 3.03. The fourth-order valence-corrected chi connectivity index (χ4v) is 3.64. The number of carbonyl (C=O) groups excluding carboxylic acids is 2. The van der Waals surface area contributed by atoms with Gasteiger partial charge < -0.3 is 24.6 Å². The minimum Gasteiger partial charge on any atom is -0.507 e. The van der Waals surface area contributed by atoms with Gasteiger partial charge in [0, 0.05) is 18.5 Å². The number of carboxylic acids is 1. The number of hydrogen-bond donors (Lipinski definition) is 2. The summed E-state index contributed by atoms with van der Waals surface area (Å²) in [5.41, 5.74) is 0.449. The van der Waals surface area contributed by atoms with Crippen LogP contribution in [-0.4, -0.2) is 53.5 Å². The van der Waals surface area contributed by atoms with Crippen LogP contribution in [0, 0.1) is 5.82 Å². The number of benzene rings is 2. The summed E-state index contributed by atoms with van der Waals surface area (Å²) >= 11 is 0. The van der Waals surface area contributed by atoms with E-state index in [4.69, 9.17) is 14.6 Å². The second-order valence-electron chi connectivity index (χ2n) is 7.11. The number of ketones is 1. The zero-order chi connectivity index (χ0) is 23.4. The molecule has 0 bridgehead atoms. The Morgan fingerprint density at radius 1 is 1.03 bits per heavy atom. The van der Waals surface area contributed by atoms with Gasteiger partial charge >= 0.3 is 5.97 Å². The lowest BCUT2D eigenvalue weighted by molar-refractivity contribution is -0.140. The minimum atomic E-state index is -1.03. The predicted molar refractivity (Wildman–Crippen MR) is 112 cm³/mol. The van der Waals surface area contributed by atoms with Gasteiger partial charge in [0.15, 0.2) is 11.5 Å². The maximum Gasteiger partial charge on any atom is 0.303 e. The summed E-state index contributed by atoms with van der Waals surface area (Å²) < 4.78 is 23.9. The van der Waals surface area contributed by atoms with E-state index in [1.807, 2.05) is 0 Å². The Balaban J connectivity index is 2.14. The molecule has 0 radical (unpaired) electrons. The van der Waals surface area contributed by atoms with Crippen molar-refractivity contribution in [2.45, 2.75) is 18.9 Å². The van der Waals surface area contributed by atoms with Crippen molar-refractivity contribution in [3.63, 3.8) is 0 Å². The number of carboxylic acid groups (broad SMARTS) is 1. The van der Waals surface area contributed by atoms with E-state index in [2.05, 4.69) is 0 Å². The van der Waals surface area contributed by atoms with Crippen molar-refractivity contribution < 1.29 is 38.5 Å². The summed E-state index contributed by atoms with van der Waals surface area (Å²) in [6, 6.07) is 8.67. The van der Waals surface area contributed by atoms with Crippen LogP contribution in [-0.2, 0) is 14.4 Å². The number of aliphatic hydroxyl groups excluding tert-OH is 1. The van der Waals surface area contributed by atoms with E-state index in [9.17, 15) is 23.9 Å². The number of rotatable bonds is 8. The largest absolute Gasteiger partial charge is 0.507 e. The van der Waals surface area contributed by atoms with Crippen molar-refractivity contribution in [3.8, 4) is 11.5 Å². The first-order valence-electron chi connectivity index (χ1n) is 9.76. The number of halogens is 1. The first kappa shape index (κ1) is 22.8. The van der Waals surface area contributed by atoms with Gasteiger partial charge in [-0.25, -0.2) is 4.39 Å². The highest BCUT2D eigenvalue weighted by Gasteiger charge is 2.46. The zero-order valence-corrected chi connectivity index (χ0v) is 17.5. The summed E-state index contributed by atoms with van der Waals surface area (Å²) in [6.07, 6.45) is -0.0810. The highest BCUT2D eigenvalue weighted by molar-refractivity contribution is 6.46. The number of likely N-dealkylation sites (tertiary alicyclic amines) is 1. The second kappa shape index (κ2) is 9.51. The van der Waals surface area contributed by atoms with Crippen LogP contribution < -0.4 is 9.47 Å². The van der Waals surface area contributed by atoms with Gasteiger partial charge in [0.2, 0.25) is 0 Å². The highest BCUT2D eigenvalue weighted by atomic mass is 19.1. The number of ether oxygens (including phenoxy) is 2. The molecule has 3 rings (SSSR count). The molecule has 2 aromatic rings. The SMILES string of the molecule is COc1ccc([C@@H]2C(=C(O)c3ccc(F)cc3)C(=O)C(=O)N2CCCC(=O)O)cc1OC. The van der Waals surface area contributed by atoms with Crippen molar-refractivity contribution >= 4 is 23.4 Å². The lowest BCUT2D eigenvalue weighted by atomic mass is 9.95. The quantitative estimate of drug-likeness (QED) is 0.366.